The minimum Gasteiger partial charge on any atom is -0.374 e. The Morgan fingerprint density at radius 1 is 1.15 bits per heavy atom. The summed E-state index contributed by atoms with van der Waals surface area (Å²) in [4.78, 5) is 0. The van der Waals surface area contributed by atoms with Crippen molar-refractivity contribution in [1.29, 1.82) is 0 Å². The Morgan fingerprint density at radius 2 is 1.62 bits per heavy atom. The Labute approximate surface area is 76.3 Å². The van der Waals surface area contributed by atoms with Gasteiger partial charge in [0.2, 0.25) is 0 Å². The fourth-order valence-corrected chi connectivity index (χ4v) is 1.18. The molecule has 1 nitrogen and oxygen atoms in total. The van der Waals surface area contributed by atoms with E-state index in [9.17, 15) is 8.78 Å². The monoisotopic (exact) mass is 186 g/mol. The zero-order valence-electron chi connectivity index (χ0n) is 7.90. The number of halogens is 2. The van der Waals surface area contributed by atoms with Crippen LogP contribution in [0.15, 0.2) is 18.2 Å². The number of rotatable bonds is 2. The molecule has 1 aromatic carbocycles. The maximum atomic E-state index is 13.2. The Hall–Kier alpha value is -0.960. The smallest absolute Gasteiger partial charge is 0.132 e. The first-order chi connectivity index (χ1) is 5.99. The second-order valence-electron chi connectivity index (χ2n) is 3.31. The van der Waals surface area contributed by atoms with E-state index in [1.165, 1.54) is 25.3 Å². The van der Waals surface area contributed by atoms with Crippen molar-refractivity contribution in [3.8, 4) is 0 Å². The quantitative estimate of drug-likeness (QED) is 0.690. The van der Waals surface area contributed by atoms with Crippen LogP contribution in [0, 0.1) is 11.6 Å². The van der Waals surface area contributed by atoms with E-state index in [1.807, 2.05) is 0 Å². The van der Waals surface area contributed by atoms with E-state index in [-0.39, 0.29) is 5.56 Å². The summed E-state index contributed by atoms with van der Waals surface area (Å²) in [5, 5.41) is 0. The molecule has 0 heterocycles. The van der Waals surface area contributed by atoms with E-state index >= 15 is 0 Å². The second-order valence-corrected chi connectivity index (χ2v) is 3.31. The molecule has 0 N–H and O–H groups in total. The Bertz CT molecular complexity index is 288. The third-order valence-electron chi connectivity index (χ3n) is 2.08. The van der Waals surface area contributed by atoms with Crippen LogP contribution in [0.25, 0.3) is 0 Å². The fraction of sp³-hybridized carbons (Fsp3) is 0.400. The molecule has 0 spiro atoms. The molecule has 1 rings (SSSR count). The van der Waals surface area contributed by atoms with E-state index in [1.54, 1.807) is 13.8 Å². The molecule has 0 fully saturated rings. The molecule has 0 aromatic heterocycles. The predicted octanol–water partition coefficient (Wildman–Crippen LogP) is 2.85. The van der Waals surface area contributed by atoms with Gasteiger partial charge in [0.1, 0.15) is 11.6 Å². The van der Waals surface area contributed by atoms with E-state index < -0.39 is 17.2 Å². The van der Waals surface area contributed by atoms with Crippen LogP contribution in [0.1, 0.15) is 19.4 Å². The van der Waals surface area contributed by atoms with Gasteiger partial charge >= 0.3 is 0 Å². The van der Waals surface area contributed by atoms with Gasteiger partial charge in [0, 0.05) is 7.11 Å². The molecule has 1 aromatic rings. The number of hydrogen-bond acceptors (Lipinski definition) is 1. The largest absolute Gasteiger partial charge is 0.374 e. The van der Waals surface area contributed by atoms with Crippen molar-refractivity contribution in [1.82, 2.24) is 0 Å². The van der Waals surface area contributed by atoms with Crippen molar-refractivity contribution in [2.24, 2.45) is 0 Å². The topological polar surface area (TPSA) is 9.23 Å². The van der Waals surface area contributed by atoms with Crippen molar-refractivity contribution in [2.45, 2.75) is 19.4 Å². The number of benzene rings is 1. The Kier molecular flexibility index (Phi) is 2.66. The predicted molar refractivity (Wildman–Crippen MR) is 46.4 cm³/mol. The van der Waals surface area contributed by atoms with Gasteiger partial charge in [-0.15, -0.1) is 0 Å². The van der Waals surface area contributed by atoms with Gasteiger partial charge in [0.05, 0.1) is 11.2 Å². The lowest BCUT2D eigenvalue weighted by atomic mass is 9.97. The van der Waals surface area contributed by atoms with E-state index in [0.717, 1.165) is 0 Å². The van der Waals surface area contributed by atoms with Gasteiger partial charge in [-0.2, -0.15) is 0 Å². The first kappa shape index (κ1) is 10.1. The van der Waals surface area contributed by atoms with Crippen molar-refractivity contribution in [2.75, 3.05) is 7.11 Å². The average molecular weight is 186 g/mol. The average Bonchev–Trinajstić information content (AvgIpc) is 2.03. The van der Waals surface area contributed by atoms with Gasteiger partial charge in [0.15, 0.2) is 0 Å². The molecule has 0 bridgehead atoms. The van der Waals surface area contributed by atoms with Gasteiger partial charge < -0.3 is 4.74 Å². The van der Waals surface area contributed by atoms with Gasteiger partial charge in [-0.3, -0.25) is 0 Å². The third-order valence-corrected chi connectivity index (χ3v) is 2.08. The lowest BCUT2D eigenvalue weighted by Crippen LogP contribution is -2.22. The van der Waals surface area contributed by atoms with Crippen LogP contribution in [0.4, 0.5) is 8.78 Å². The highest BCUT2D eigenvalue weighted by atomic mass is 19.1. The summed E-state index contributed by atoms with van der Waals surface area (Å²) >= 11 is 0. The number of methoxy groups -OCH3 is 1. The van der Waals surface area contributed by atoms with Crippen LogP contribution >= 0.6 is 0 Å². The molecule has 0 aliphatic heterocycles. The van der Waals surface area contributed by atoms with Crippen LogP contribution in [-0.4, -0.2) is 7.11 Å². The molecule has 13 heavy (non-hydrogen) atoms. The highest BCUT2D eigenvalue weighted by Gasteiger charge is 2.26. The molecular formula is C10H12F2O. The van der Waals surface area contributed by atoms with Crippen molar-refractivity contribution >= 4 is 0 Å². The van der Waals surface area contributed by atoms with Crippen LogP contribution < -0.4 is 0 Å². The van der Waals surface area contributed by atoms with Crippen molar-refractivity contribution in [3.63, 3.8) is 0 Å². The Morgan fingerprint density at radius 3 is 2.00 bits per heavy atom. The molecule has 0 saturated heterocycles. The first-order valence-electron chi connectivity index (χ1n) is 3.98. The second kappa shape index (κ2) is 3.42. The fourth-order valence-electron chi connectivity index (χ4n) is 1.18. The molecule has 3 heteroatoms. The molecule has 0 amide bonds. The van der Waals surface area contributed by atoms with Gasteiger partial charge in [-0.25, -0.2) is 8.78 Å². The third kappa shape index (κ3) is 1.86. The van der Waals surface area contributed by atoms with Crippen LogP contribution in [0.2, 0.25) is 0 Å². The van der Waals surface area contributed by atoms with Crippen LogP contribution in [0.5, 0.6) is 0 Å². The highest BCUT2D eigenvalue weighted by Crippen LogP contribution is 2.28. The number of ether oxygens (including phenoxy) is 1. The van der Waals surface area contributed by atoms with E-state index in [2.05, 4.69) is 0 Å². The Balaban J connectivity index is 3.28. The molecule has 0 saturated carbocycles. The normalized spacial score (nSPS) is 11.8. The summed E-state index contributed by atoms with van der Waals surface area (Å²) in [7, 11) is 1.42. The van der Waals surface area contributed by atoms with Gasteiger partial charge in [-0.05, 0) is 26.0 Å². The minimum atomic E-state index is -0.935. The maximum Gasteiger partial charge on any atom is 0.132 e. The molecule has 72 valence electrons. The van der Waals surface area contributed by atoms with Crippen LogP contribution in [0.3, 0.4) is 0 Å². The zero-order valence-corrected chi connectivity index (χ0v) is 7.90. The lowest BCUT2D eigenvalue weighted by Gasteiger charge is -2.24. The molecule has 0 aliphatic rings. The summed E-state index contributed by atoms with van der Waals surface area (Å²) in [6.07, 6.45) is 0. The van der Waals surface area contributed by atoms with Gasteiger partial charge in [0.25, 0.3) is 0 Å². The minimum absolute atomic E-state index is 0.0301. The first-order valence-corrected chi connectivity index (χ1v) is 3.98. The number of hydrogen-bond donors (Lipinski definition) is 0. The zero-order chi connectivity index (χ0) is 10.1. The standard InChI is InChI=1S/C10H12F2O/c1-10(2,13-3)9-7(11)5-4-6-8(9)12/h4-6H,1-3H3. The molecule has 0 atom stereocenters. The molecule has 0 unspecified atom stereocenters. The molecular weight excluding hydrogens is 174 g/mol. The SMILES string of the molecule is COC(C)(C)c1c(F)cccc1F. The van der Waals surface area contributed by atoms with Crippen molar-refractivity contribution < 1.29 is 13.5 Å². The summed E-state index contributed by atoms with van der Waals surface area (Å²) in [6, 6.07) is 3.78. The maximum absolute atomic E-state index is 13.2. The van der Waals surface area contributed by atoms with E-state index in [4.69, 9.17) is 4.74 Å². The van der Waals surface area contributed by atoms with Gasteiger partial charge in [-0.1, -0.05) is 6.07 Å². The lowest BCUT2D eigenvalue weighted by molar-refractivity contribution is 0.0131. The van der Waals surface area contributed by atoms with Crippen LogP contribution in [-0.2, 0) is 10.3 Å². The molecule has 0 aliphatic carbocycles. The summed E-state index contributed by atoms with van der Waals surface area (Å²) in [5.41, 5.74) is -0.965. The summed E-state index contributed by atoms with van der Waals surface area (Å²) in [5.74, 6) is -1.15. The summed E-state index contributed by atoms with van der Waals surface area (Å²) < 4.78 is 31.4. The molecule has 0 radical (unpaired) electrons. The highest BCUT2D eigenvalue weighted by molar-refractivity contribution is 5.25. The van der Waals surface area contributed by atoms with E-state index in [0.29, 0.717) is 0 Å². The van der Waals surface area contributed by atoms with Crippen molar-refractivity contribution in [3.05, 3.63) is 35.4 Å². The summed E-state index contributed by atoms with van der Waals surface area (Å²) in [6.45, 7) is 3.24.